The third-order valence-electron chi connectivity index (χ3n) is 3.92. The number of nitrogens with one attached hydrogen (secondary N) is 1. The van der Waals surface area contributed by atoms with Gasteiger partial charge in [-0.15, -0.1) is 0 Å². The molecule has 0 aromatic carbocycles. The van der Waals surface area contributed by atoms with Crippen LogP contribution >= 0.6 is 0 Å². The lowest BCUT2D eigenvalue weighted by Gasteiger charge is -2.49. The summed E-state index contributed by atoms with van der Waals surface area (Å²) in [4.78, 5) is 26.5. The fourth-order valence-corrected chi connectivity index (χ4v) is 2.35. The summed E-state index contributed by atoms with van der Waals surface area (Å²) < 4.78 is 0. The number of nitrogens with zero attached hydrogens (tertiary/aromatic N) is 1. The van der Waals surface area contributed by atoms with E-state index in [9.17, 15) is 9.59 Å². The molecular formula is C14H26N2O2. The maximum atomic E-state index is 12.6. The number of amides is 2. The van der Waals surface area contributed by atoms with Crippen molar-refractivity contribution >= 4 is 11.8 Å². The molecule has 1 N–H and O–H groups in total. The topological polar surface area (TPSA) is 49.4 Å². The fourth-order valence-electron chi connectivity index (χ4n) is 2.35. The third kappa shape index (κ3) is 2.52. The molecule has 1 aliphatic rings. The van der Waals surface area contributed by atoms with Crippen LogP contribution in [0, 0.1) is 5.41 Å². The highest BCUT2D eigenvalue weighted by atomic mass is 16.2. The van der Waals surface area contributed by atoms with Gasteiger partial charge in [-0.25, -0.2) is 0 Å². The normalized spacial score (nSPS) is 26.3. The number of carbonyl (C=O) groups excluding carboxylic acids is 2. The van der Waals surface area contributed by atoms with E-state index in [0.29, 0.717) is 0 Å². The molecule has 1 saturated heterocycles. The van der Waals surface area contributed by atoms with Gasteiger partial charge in [0.2, 0.25) is 11.8 Å². The maximum absolute atomic E-state index is 12.6. The van der Waals surface area contributed by atoms with Gasteiger partial charge in [-0.05, 0) is 32.6 Å². The standard InChI is InChI=1S/C14H26N2O2/c1-8-14(6,7)16-9(2)11(17)15-10(12(16)18)13(3,4)5/h9-10H,8H2,1-7H3,(H,15,17). The second-order valence-corrected chi connectivity index (χ2v) is 6.86. The summed E-state index contributed by atoms with van der Waals surface area (Å²) in [5.74, 6) is -0.0301. The summed E-state index contributed by atoms with van der Waals surface area (Å²) in [6, 6.07) is -0.835. The van der Waals surface area contributed by atoms with Gasteiger partial charge in [-0.3, -0.25) is 9.59 Å². The van der Waals surface area contributed by atoms with E-state index >= 15 is 0 Å². The van der Waals surface area contributed by atoms with E-state index < -0.39 is 12.1 Å². The van der Waals surface area contributed by atoms with Gasteiger partial charge in [0, 0.05) is 5.54 Å². The monoisotopic (exact) mass is 254 g/mol. The van der Waals surface area contributed by atoms with Crippen LogP contribution in [-0.4, -0.2) is 34.3 Å². The van der Waals surface area contributed by atoms with Crippen molar-refractivity contribution in [3.63, 3.8) is 0 Å². The minimum Gasteiger partial charge on any atom is -0.342 e. The van der Waals surface area contributed by atoms with Crippen molar-refractivity contribution in [2.45, 2.75) is 72.5 Å². The number of hydrogen-bond acceptors (Lipinski definition) is 2. The first-order chi connectivity index (χ1) is 8.02. The summed E-state index contributed by atoms with van der Waals surface area (Å²) in [5.41, 5.74) is -0.563. The van der Waals surface area contributed by atoms with Crippen LogP contribution in [0.5, 0.6) is 0 Å². The lowest BCUT2D eigenvalue weighted by molar-refractivity contribution is -0.158. The largest absolute Gasteiger partial charge is 0.342 e. The highest BCUT2D eigenvalue weighted by Crippen LogP contribution is 2.30. The van der Waals surface area contributed by atoms with Crippen LogP contribution in [0.2, 0.25) is 0 Å². The molecule has 2 amide bonds. The molecule has 0 radical (unpaired) electrons. The molecule has 0 bridgehead atoms. The maximum Gasteiger partial charge on any atom is 0.246 e. The minimum atomic E-state index is -0.438. The zero-order valence-electron chi connectivity index (χ0n) is 12.6. The molecular weight excluding hydrogens is 228 g/mol. The first kappa shape index (κ1) is 15.0. The Kier molecular flexibility index (Phi) is 3.80. The Morgan fingerprint density at radius 3 is 2.06 bits per heavy atom. The Morgan fingerprint density at radius 1 is 1.17 bits per heavy atom. The van der Waals surface area contributed by atoms with Gasteiger partial charge < -0.3 is 10.2 Å². The molecule has 0 spiro atoms. The molecule has 1 fully saturated rings. The summed E-state index contributed by atoms with van der Waals surface area (Å²) in [6.45, 7) is 13.8. The Hall–Kier alpha value is -1.06. The molecule has 2 unspecified atom stereocenters. The lowest BCUT2D eigenvalue weighted by atomic mass is 9.82. The Labute approximate surface area is 110 Å². The second-order valence-electron chi connectivity index (χ2n) is 6.86. The molecule has 4 nitrogen and oxygen atoms in total. The van der Waals surface area contributed by atoms with E-state index in [1.54, 1.807) is 11.8 Å². The first-order valence-electron chi connectivity index (χ1n) is 6.66. The van der Waals surface area contributed by atoms with E-state index in [-0.39, 0.29) is 22.8 Å². The summed E-state index contributed by atoms with van der Waals surface area (Å²) in [5, 5.41) is 2.85. The van der Waals surface area contributed by atoms with E-state index in [0.717, 1.165) is 6.42 Å². The lowest BCUT2D eigenvalue weighted by Crippen LogP contribution is -2.69. The Morgan fingerprint density at radius 2 is 1.67 bits per heavy atom. The first-order valence-corrected chi connectivity index (χ1v) is 6.66. The zero-order valence-corrected chi connectivity index (χ0v) is 12.6. The van der Waals surface area contributed by atoms with Gasteiger partial charge in [0.05, 0.1) is 0 Å². The second kappa shape index (κ2) is 4.56. The third-order valence-corrected chi connectivity index (χ3v) is 3.92. The van der Waals surface area contributed by atoms with Crippen molar-refractivity contribution in [2.24, 2.45) is 5.41 Å². The summed E-state index contributed by atoms with van der Waals surface area (Å²) >= 11 is 0. The van der Waals surface area contributed by atoms with E-state index in [2.05, 4.69) is 5.32 Å². The average molecular weight is 254 g/mol. The number of piperazine rings is 1. The van der Waals surface area contributed by atoms with Crippen LogP contribution in [0.1, 0.15) is 54.9 Å². The van der Waals surface area contributed by atoms with E-state index in [1.807, 2.05) is 41.5 Å². The quantitative estimate of drug-likeness (QED) is 0.818. The van der Waals surface area contributed by atoms with Gasteiger partial charge in [-0.2, -0.15) is 0 Å². The van der Waals surface area contributed by atoms with Crippen molar-refractivity contribution in [1.29, 1.82) is 0 Å². The van der Waals surface area contributed by atoms with Crippen molar-refractivity contribution in [1.82, 2.24) is 10.2 Å². The van der Waals surface area contributed by atoms with Crippen LogP contribution < -0.4 is 5.32 Å². The Bertz CT molecular complexity index is 355. The molecule has 0 saturated carbocycles. The van der Waals surface area contributed by atoms with E-state index in [1.165, 1.54) is 0 Å². The molecule has 0 aromatic heterocycles. The molecule has 0 aliphatic carbocycles. The van der Waals surface area contributed by atoms with Gasteiger partial charge in [0.25, 0.3) is 0 Å². The van der Waals surface area contributed by atoms with Crippen molar-refractivity contribution in [3.8, 4) is 0 Å². The SMILES string of the molecule is CCC(C)(C)N1C(=O)C(C(C)(C)C)NC(=O)C1C. The summed E-state index contributed by atoms with van der Waals surface area (Å²) in [7, 11) is 0. The van der Waals surface area contributed by atoms with Crippen LogP contribution in [-0.2, 0) is 9.59 Å². The molecule has 1 heterocycles. The molecule has 18 heavy (non-hydrogen) atoms. The molecule has 104 valence electrons. The molecule has 1 rings (SSSR count). The minimum absolute atomic E-state index is 0.0291. The number of carbonyl (C=O) groups is 2. The highest BCUT2D eigenvalue weighted by molar-refractivity contribution is 5.97. The molecule has 2 atom stereocenters. The molecule has 1 aliphatic heterocycles. The van der Waals surface area contributed by atoms with Crippen LogP contribution in [0.15, 0.2) is 0 Å². The van der Waals surface area contributed by atoms with Crippen molar-refractivity contribution in [2.75, 3.05) is 0 Å². The predicted octanol–water partition coefficient (Wildman–Crippen LogP) is 1.94. The fraction of sp³-hybridized carbons (Fsp3) is 0.857. The number of hydrogen-bond donors (Lipinski definition) is 1. The van der Waals surface area contributed by atoms with E-state index in [4.69, 9.17) is 0 Å². The molecule has 4 heteroatoms. The van der Waals surface area contributed by atoms with Crippen LogP contribution in [0.4, 0.5) is 0 Å². The van der Waals surface area contributed by atoms with Gasteiger partial charge >= 0.3 is 0 Å². The van der Waals surface area contributed by atoms with Crippen molar-refractivity contribution < 1.29 is 9.59 Å². The smallest absolute Gasteiger partial charge is 0.246 e. The van der Waals surface area contributed by atoms with Crippen LogP contribution in [0.3, 0.4) is 0 Å². The molecule has 0 aromatic rings. The van der Waals surface area contributed by atoms with Gasteiger partial charge in [0.1, 0.15) is 12.1 Å². The van der Waals surface area contributed by atoms with Crippen molar-refractivity contribution in [3.05, 3.63) is 0 Å². The average Bonchev–Trinajstić information content (AvgIpc) is 2.21. The van der Waals surface area contributed by atoms with Gasteiger partial charge in [0.15, 0.2) is 0 Å². The summed E-state index contributed by atoms with van der Waals surface area (Å²) in [6.07, 6.45) is 0.827. The Balaban J connectivity index is 3.16. The zero-order chi connectivity index (χ0) is 14.3. The van der Waals surface area contributed by atoms with Crippen LogP contribution in [0.25, 0.3) is 0 Å². The predicted molar refractivity (Wildman–Crippen MR) is 72.1 cm³/mol. The number of rotatable bonds is 2. The van der Waals surface area contributed by atoms with Gasteiger partial charge in [-0.1, -0.05) is 27.7 Å². The highest BCUT2D eigenvalue weighted by Gasteiger charge is 2.47.